The summed E-state index contributed by atoms with van der Waals surface area (Å²) in [6.45, 7) is 5.71. The van der Waals surface area contributed by atoms with Crippen molar-refractivity contribution < 1.29 is 40.9 Å². The minimum Gasteiger partial charge on any atom is -0.497 e. The van der Waals surface area contributed by atoms with Crippen LogP contribution in [-0.4, -0.2) is 95.8 Å². The van der Waals surface area contributed by atoms with Crippen molar-refractivity contribution in [2.45, 2.75) is 67.4 Å². The first-order chi connectivity index (χ1) is 22.8. The fraction of sp³-hybridized carbons (Fsp3) is 0.485. The Labute approximate surface area is 287 Å². The Balaban J connectivity index is 1.67. The summed E-state index contributed by atoms with van der Waals surface area (Å²) >= 11 is 1.14. The van der Waals surface area contributed by atoms with Crippen molar-refractivity contribution in [3.8, 4) is 11.5 Å². The van der Waals surface area contributed by atoms with E-state index in [1.54, 1.807) is 48.7 Å². The predicted octanol–water partition coefficient (Wildman–Crippen LogP) is 4.67. The van der Waals surface area contributed by atoms with E-state index in [9.17, 15) is 26.7 Å². The Kier molecular flexibility index (Phi) is 12.9. The first-order valence-electron chi connectivity index (χ1n) is 15.8. The van der Waals surface area contributed by atoms with E-state index < -0.39 is 38.1 Å². The van der Waals surface area contributed by atoms with Crippen molar-refractivity contribution in [1.82, 2.24) is 9.21 Å². The Bertz CT molecular complexity index is 1720. The molecule has 4 atom stereocenters. The van der Waals surface area contributed by atoms with Crippen molar-refractivity contribution in [1.29, 1.82) is 0 Å². The molecule has 0 unspecified atom stereocenters. The average Bonchev–Trinajstić information content (AvgIpc) is 3.62. The molecule has 12 nitrogen and oxygen atoms in total. The third-order valence-corrected chi connectivity index (χ3v) is 12.9. The lowest BCUT2D eigenvalue weighted by molar-refractivity contribution is -0.00832. The van der Waals surface area contributed by atoms with Crippen molar-refractivity contribution >= 4 is 43.0 Å². The van der Waals surface area contributed by atoms with Crippen LogP contribution < -0.4 is 14.2 Å². The number of aliphatic hydroxyl groups is 1. The summed E-state index contributed by atoms with van der Waals surface area (Å²) in [5.41, 5.74) is 0.276. The van der Waals surface area contributed by atoms with Gasteiger partial charge in [0.2, 0.25) is 0 Å². The summed E-state index contributed by atoms with van der Waals surface area (Å²) in [4.78, 5) is 15.9. The number of methoxy groups -OCH3 is 1. The van der Waals surface area contributed by atoms with Gasteiger partial charge in [-0.25, -0.2) is 16.8 Å². The molecule has 0 fully saturated rings. The van der Waals surface area contributed by atoms with E-state index in [1.807, 2.05) is 13.8 Å². The van der Waals surface area contributed by atoms with E-state index in [4.69, 9.17) is 14.2 Å². The van der Waals surface area contributed by atoms with E-state index in [0.717, 1.165) is 17.8 Å². The molecule has 48 heavy (non-hydrogen) atoms. The molecule has 0 radical (unpaired) electrons. The maximum absolute atomic E-state index is 14.4. The Morgan fingerprint density at radius 1 is 1.10 bits per heavy atom. The monoisotopic (exact) mass is 723 g/mol. The van der Waals surface area contributed by atoms with Gasteiger partial charge in [-0.1, -0.05) is 13.0 Å². The van der Waals surface area contributed by atoms with Gasteiger partial charge in [-0.3, -0.25) is 9.52 Å². The summed E-state index contributed by atoms with van der Waals surface area (Å²) < 4.78 is 74.7. The van der Waals surface area contributed by atoms with Crippen LogP contribution in [-0.2, 0) is 24.8 Å². The van der Waals surface area contributed by atoms with Crippen LogP contribution in [0.1, 0.15) is 50.4 Å². The Morgan fingerprint density at radius 3 is 2.48 bits per heavy atom. The van der Waals surface area contributed by atoms with E-state index in [0.29, 0.717) is 25.2 Å². The largest absolute Gasteiger partial charge is 0.497 e. The second-order valence-corrected chi connectivity index (χ2v) is 16.9. The molecule has 0 saturated heterocycles. The average molecular weight is 724 g/mol. The Hall–Kier alpha value is -3.21. The highest BCUT2D eigenvalue weighted by atomic mass is 32.2. The molecular weight excluding hydrogens is 679 g/mol. The van der Waals surface area contributed by atoms with Crippen LogP contribution in [0.3, 0.4) is 0 Å². The molecule has 0 saturated carbocycles. The quantitative estimate of drug-likeness (QED) is 0.304. The summed E-state index contributed by atoms with van der Waals surface area (Å²) in [6, 6.07) is 13.1. The van der Waals surface area contributed by atoms with Crippen LogP contribution in [0.25, 0.3) is 0 Å². The van der Waals surface area contributed by atoms with Crippen molar-refractivity contribution in [2.75, 3.05) is 45.2 Å². The molecule has 2 N–H and O–H groups in total. The van der Waals surface area contributed by atoms with Gasteiger partial charge in [-0.15, -0.1) is 11.3 Å². The lowest BCUT2D eigenvalue weighted by Crippen LogP contribution is -2.48. The van der Waals surface area contributed by atoms with Gasteiger partial charge in [0, 0.05) is 38.3 Å². The fourth-order valence-corrected chi connectivity index (χ4v) is 8.77. The van der Waals surface area contributed by atoms with Crippen LogP contribution in [0.2, 0.25) is 0 Å². The van der Waals surface area contributed by atoms with Gasteiger partial charge < -0.3 is 24.2 Å². The number of aliphatic hydroxyl groups excluding tert-OH is 1. The molecule has 0 bridgehead atoms. The van der Waals surface area contributed by atoms with Gasteiger partial charge in [0.1, 0.15) is 15.7 Å². The summed E-state index contributed by atoms with van der Waals surface area (Å²) in [5.74, 6) is -0.0411. The van der Waals surface area contributed by atoms with Crippen LogP contribution in [0, 0.1) is 5.92 Å². The van der Waals surface area contributed by atoms with Gasteiger partial charge >= 0.3 is 0 Å². The maximum atomic E-state index is 14.4. The molecule has 3 aromatic rings. The fourth-order valence-electron chi connectivity index (χ4n) is 5.33. The SMILES string of the molecule is COc1ccc(S(=O)(=O)Nc2ccc3c(c2)C(=O)N([C@H](C)CO)C[C@H](C)[C@H](CN(C)S(=O)(=O)c2cccs2)OCCCC[C@@H](C)O3)cc1. The Morgan fingerprint density at radius 2 is 1.83 bits per heavy atom. The second kappa shape index (κ2) is 16.5. The number of carbonyl (C=O) groups excluding carboxylic acids is 1. The van der Waals surface area contributed by atoms with Crippen molar-refractivity contribution in [2.24, 2.45) is 5.92 Å². The smallest absolute Gasteiger partial charge is 0.261 e. The number of thiophene rings is 1. The molecule has 1 aliphatic rings. The number of fused-ring (bicyclic) bond motifs is 1. The van der Waals surface area contributed by atoms with Crippen molar-refractivity contribution in [3.05, 3.63) is 65.5 Å². The number of nitrogens with zero attached hydrogens (tertiary/aromatic N) is 2. The number of hydrogen-bond acceptors (Lipinski definition) is 10. The molecule has 264 valence electrons. The summed E-state index contributed by atoms with van der Waals surface area (Å²) in [5, 5.41) is 11.9. The van der Waals surface area contributed by atoms with Gasteiger partial charge in [0.25, 0.3) is 26.0 Å². The zero-order valence-electron chi connectivity index (χ0n) is 27.9. The molecular formula is C33H45N3O9S3. The first-order valence-corrected chi connectivity index (χ1v) is 19.6. The topological polar surface area (TPSA) is 152 Å². The zero-order valence-corrected chi connectivity index (χ0v) is 30.3. The van der Waals surface area contributed by atoms with E-state index in [-0.39, 0.29) is 57.8 Å². The number of sulfonamides is 2. The van der Waals surface area contributed by atoms with Crippen molar-refractivity contribution in [3.63, 3.8) is 0 Å². The highest BCUT2D eigenvalue weighted by Crippen LogP contribution is 2.30. The number of hydrogen-bond donors (Lipinski definition) is 2. The van der Waals surface area contributed by atoms with E-state index in [1.165, 1.54) is 41.6 Å². The lowest BCUT2D eigenvalue weighted by atomic mass is 10.0. The van der Waals surface area contributed by atoms with Crippen LogP contribution in [0.4, 0.5) is 5.69 Å². The van der Waals surface area contributed by atoms with Crippen LogP contribution in [0.15, 0.2) is 69.1 Å². The molecule has 4 rings (SSSR count). The molecule has 1 amide bonds. The standard InChI is InChI=1S/C33H45N3O9S3/c1-23-20-36(24(2)22-37)33(38)29-19-26(34-47(39,40)28-14-12-27(43-5)13-15-28)11-16-30(29)45-25(3)9-6-7-17-44-31(23)21-35(4)48(41,42)32-10-8-18-46-32/h8,10-16,18-19,23-25,31,34,37H,6-7,9,17,20-22H2,1-5H3/t23-,24+,25+,31-/m0/s1. The number of anilines is 1. The number of likely N-dealkylation sites (N-methyl/N-ethyl adjacent to an activating group) is 1. The number of amides is 1. The van der Waals surface area contributed by atoms with Gasteiger partial charge in [0.15, 0.2) is 0 Å². The maximum Gasteiger partial charge on any atom is 0.261 e. The summed E-state index contributed by atoms with van der Waals surface area (Å²) in [7, 11) is -4.76. The van der Waals surface area contributed by atoms with Gasteiger partial charge in [0.05, 0.1) is 42.4 Å². The highest BCUT2D eigenvalue weighted by Gasteiger charge is 2.33. The number of rotatable bonds is 10. The molecule has 2 aromatic carbocycles. The van der Waals surface area contributed by atoms with Gasteiger partial charge in [-0.05, 0) is 87.0 Å². The molecule has 15 heteroatoms. The minimum atomic E-state index is -4.01. The second-order valence-electron chi connectivity index (χ2n) is 12.0. The molecule has 2 heterocycles. The third-order valence-electron chi connectivity index (χ3n) is 8.27. The highest BCUT2D eigenvalue weighted by molar-refractivity contribution is 7.92. The number of ether oxygens (including phenoxy) is 3. The van der Waals surface area contributed by atoms with Crippen LogP contribution >= 0.6 is 11.3 Å². The lowest BCUT2D eigenvalue weighted by Gasteiger charge is -2.35. The summed E-state index contributed by atoms with van der Waals surface area (Å²) in [6.07, 6.45) is 1.30. The van der Waals surface area contributed by atoms with E-state index in [2.05, 4.69) is 4.72 Å². The van der Waals surface area contributed by atoms with E-state index >= 15 is 0 Å². The van der Waals surface area contributed by atoms with Crippen LogP contribution in [0.5, 0.6) is 11.5 Å². The molecule has 1 aliphatic heterocycles. The zero-order chi connectivity index (χ0) is 35.1. The predicted molar refractivity (Wildman–Crippen MR) is 185 cm³/mol. The normalized spacial score (nSPS) is 20.8. The molecule has 0 spiro atoms. The third kappa shape index (κ3) is 9.27. The van der Waals surface area contributed by atoms with Gasteiger partial charge in [-0.2, -0.15) is 4.31 Å². The molecule has 0 aliphatic carbocycles. The first kappa shape index (κ1) is 37.6. The molecule has 1 aromatic heterocycles. The number of benzene rings is 2. The number of nitrogens with one attached hydrogen (secondary N) is 1. The minimum absolute atomic E-state index is 0.0149. The number of carbonyl (C=O) groups is 1.